The van der Waals surface area contributed by atoms with Gasteiger partial charge in [0, 0.05) is 0 Å². The molecule has 0 aliphatic rings. The first kappa shape index (κ1) is 13.6. The standard InChI is InChI=1S/C11H20O2S/c1-3-5-6-7-9-14-10(8-4-2)11(12)13/h8H,3-7,9H2,1-2H3,(H,12,13)/b10-8+. The largest absolute Gasteiger partial charge is 0.477 e. The molecule has 0 aliphatic heterocycles. The number of hydrogen-bond donors (Lipinski definition) is 1. The predicted octanol–water partition coefficient (Wildman–Crippen LogP) is 3.68. The Morgan fingerprint density at radius 2 is 2.00 bits per heavy atom. The molecular formula is C11H20O2S. The van der Waals surface area contributed by atoms with Gasteiger partial charge in [-0.15, -0.1) is 11.8 Å². The number of rotatable bonds is 8. The maximum absolute atomic E-state index is 10.7. The molecule has 0 aromatic carbocycles. The summed E-state index contributed by atoms with van der Waals surface area (Å²) >= 11 is 1.47. The van der Waals surface area contributed by atoms with E-state index in [1.165, 1.54) is 31.0 Å². The summed E-state index contributed by atoms with van der Waals surface area (Å²) in [5, 5.41) is 8.82. The van der Waals surface area contributed by atoms with Crippen molar-refractivity contribution in [3.8, 4) is 0 Å². The Labute approximate surface area is 90.8 Å². The van der Waals surface area contributed by atoms with E-state index in [0.717, 1.165) is 18.6 Å². The Kier molecular flexibility index (Phi) is 8.84. The summed E-state index contributed by atoms with van der Waals surface area (Å²) < 4.78 is 0. The van der Waals surface area contributed by atoms with Crippen LogP contribution >= 0.6 is 11.8 Å². The van der Waals surface area contributed by atoms with Crippen molar-refractivity contribution in [1.82, 2.24) is 0 Å². The molecule has 0 bridgehead atoms. The molecule has 0 unspecified atom stereocenters. The van der Waals surface area contributed by atoms with E-state index in [2.05, 4.69) is 6.92 Å². The first-order valence-electron chi connectivity index (χ1n) is 5.28. The van der Waals surface area contributed by atoms with E-state index in [1.54, 1.807) is 6.08 Å². The van der Waals surface area contributed by atoms with Gasteiger partial charge in [0.1, 0.15) is 0 Å². The molecule has 0 saturated heterocycles. The quantitative estimate of drug-likeness (QED) is 0.497. The fourth-order valence-electron chi connectivity index (χ4n) is 1.10. The highest BCUT2D eigenvalue weighted by atomic mass is 32.2. The molecule has 0 rings (SSSR count). The second-order valence-electron chi connectivity index (χ2n) is 3.19. The second-order valence-corrected chi connectivity index (χ2v) is 4.33. The van der Waals surface area contributed by atoms with E-state index in [1.807, 2.05) is 6.92 Å². The second kappa shape index (κ2) is 9.13. The predicted molar refractivity (Wildman–Crippen MR) is 62.6 cm³/mol. The van der Waals surface area contributed by atoms with Crippen LogP contribution in [-0.2, 0) is 4.79 Å². The molecular weight excluding hydrogens is 196 g/mol. The molecule has 0 fully saturated rings. The van der Waals surface area contributed by atoms with Crippen LogP contribution in [0.15, 0.2) is 11.0 Å². The van der Waals surface area contributed by atoms with Crippen molar-refractivity contribution in [3.05, 3.63) is 11.0 Å². The summed E-state index contributed by atoms with van der Waals surface area (Å²) in [4.78, 5) is 11.2. The van der Waals surface area contributed by atoms with Crippen molar-refractivity contribution >= 4 is 17.7 Å². The number of thioether (sulfide) groups is 1. The van der Waals surface area contributed by atoms with Gasteiger partial charge in [-0.2, -0.15) is 0 Å². The summed E-state index contributed by atoms with van der Waals surface area (Å²) in [5.41, 5.74) is 0. The molecule has 0 atom stereocenters. The Morgan fingerprint density at radius 3 is 2.50 bits per heavy atom. The van der Waals surface area contributed by atoms with Crippen LogP contribution in [0.1, 0.15) is 46.0 Å². The summed E-state index contributed by atoms with van der Waals surface area (Å²) in [6.45, 7) is 4.13. The van der Waals surface area contributed by atoms with Gasteiger partial charge in [0.15, 0.2) is 0 Å². The van der Waals surface area contributed by atoms with Crippen molar-refractivity contribution in [2.24, 2.45) is 0 Å². The highest BCUT2D eigenvalue weighted by Crippen LogP contribution is 2.18. The lowest BCUT2D eigenvalue weighted by Crippen LogP contribution is -1.97. The van der Waals surface area contributed by atoms with Crippen molar-refractivity contribution in [3.63, 3.8) is 0 Å². The molecule has 0 amide bonds. The molecule has 0 aromatic rings. The molecule has 0 aromatic heterocycles. The minimum absolute atomic E-state index is 0.504. The number of carbonyl (C=O) groups is 1. The first-order chi connectivity index (χ1) is 6.72. The molecule has 1 N–H and O–H groups in total. The van der Waals surface area contributed by atoms with Crippen LogP contribution < -0.4 is 0 Å². The third kappa shape index (κ3) is 7.01. The van der Waals surface area contributed by atoms with E-state index < -0.39 is 5.97 Å². The summed E-state index contributed by atoms with van der Waals surface area (Å²) in [6.07, 6.45) is 7.38. The molecule has 3 heteroatoms. The zero-order chi connectivity index (χ0) is 10.8. The van der Waals surface area contributed by atoms with Crippen LogP contribution in [0.25, 0.3) is 0 Å². The Bertz CT molecular complexity index is 188. The highest BCUT2D eigenvalue weighted by Gasteiger charge is 2.05. The van der Waals surface area contributed by atoms with Crippen LogP contribution in [-0.4, -0.2) is 16.8 Å². The third-order valence-corrected chi connectivity index (χ3v) is 3.00. The zero-order valence-corrected chi connectivity index (χ0v) is 9.90. The minimum atomic E-state index is -0.785. The van der Waals surface area contributed by atoms with Crippen molar-refractivity contribution < 1.29 is 9.90 Å². The first-order valence-corrected chi connectivity index (χ1v) is 6.27. The fourth-order valence-corrected chi connectivity index (χ4v) is 2.08. The lowest BCUT2D eigenvalue weighted by atomic mass is 10.2. The number of carboxylic acid groups (broad SMARTS) is 1. The molecule has 0 radical (unpaired) electrons. The van der Waals surface area contributed by atoms with Crippen LogP contribution in [0.2, 0.25) is 0 Å². The lowest BCUT2D eigenvalue weighted by Gasteiger charge is -2.01. The van der Waals surface area contributed by atoms with E-state index in [-0.39, 0.29) is 0 Å². The van der Waals surface area contributed by atoms with Gasteiger partial charge in [-0.1, -0.05) is 39.2 Å². The molecule has 82 valence electrons. The lowest BCUT2D eigenvalue weighted by molar-refractivity contribution is -0.131. The summed E-state index contributed by atoms with van der Waals surface area (Å²) in [7, 11) is 0. The van der Waals surface area contributed by atoms with Gasteiger partial charge in [0.2, 0.25) is 0 Å². The molecule has 14 heavy (non-hydrogen) atoms. The summed E-state index contributed by atoms with van der Waals surface area (Å²) in [6, 6.07) is 0. The highest BCUT2D eigenvalue weighted by molar-refractivity contribution is 8.03. The topological polar surface area (TPSA) is 37.3 Å². The van der Waals surface area contributed by atoms with Gasteiger partial charge in [-0.3, -0.25) is 0 Å². The van der Waals surface area contributed by atoms with E-state index in [0.29, 0.717) is 4.91 Å². The summed E-state index contributed by atoms with van der Waals surface area (Å²) in [5.74, 6) is 0.144. The van der Waals surface area contributed by atoms with E-state index in [4.69, 9.17) is 5.11 Å². The smallest absolute Gasteiger partial charge is 0.341 e. The average molecular weight is 216 g/mol. The molecule has 0 heterocycles. The Balaban J connectivity index is 3.62. The molecule has 0 spiro atoms. The molecule has 0 aliphatic carbocycles. The van der Waals surface area contributed by atoms with Crippen LogP contribution in [0.5, 0.6) is 0 Å². The monoisotopic (exact) mass is 216 g/mol. The van der Waals surface area contributed by atoms with Gasteiger partial charge < -0.3 is 5.11 Å². The number of carboxylic acids is 1. The number of allylic oxidation sites excluding steroid dienone is 1. The van der Waals surface area contributed by atoms with Crippen LogP contribution in [0, 0.1) is 0 Å². The van der Waals surface area contributed by atoms with Gasteiger partial charge >= 0.3 is 5.97 Å². The third-order valence-electron chi connectivity index (χ3n) is 1.86. The van der Waals surface area contributed by atoms with Gasteiger partial charge in [-0.05, 0) is 18.6 Å². The van der Waals surface area contributed by atoms with Crippen LogP contribution in [0.4, 0.5) is 0 Å². The molecule has 2 nitrogen and oxygen atoms in total. The maximum atomic E-state index is 10.7. The van der Waals surface area contributed by atoms with Crippen molar-refractivity contribution in [2.45, 2.75) is 46.0 Å². The Morgan fingerprint density at radius 1 is 1.29 bits per heavy atom. The fraction of sp³-hybridized carbons (Fsp3) is 0.727. The average Bonchev–Trinajstić information content (AvgIpc) is 2.15. The van der Waals surface area contributed by atoms with Gasteiger partial charge in [0.05, 0.1) is 4.91 Å². The Hall–Kier alpha value is -0.440. The normalized spacial score (nSPS) is 11.7. The van der Waals surface area contributed by atoms with E-state index in [9.17, 15) is 4.79 Å². The molecule has 0 saturated carbocycles. The number of aliphatic carboxylic acids is 1. The zero-order valence-electron chi connectivity index (χ0n) is 9.08. The van der Waals surface area contributed by atoms with Gasteiger partial charge in [0.25, 0.3) is 0 Å². The van der Waals surface area contributed by atoms with Crippen LogP contribution in [0.3, 0.4) is 0 Å². The number of hydrogen-bond acceptors (Lipinski definition) is 2. The SMILES string of the molecule is CC/C=C(/SCCCCCC)C(=O)O. The van der Waals surface area contributed by atoms with E-state index >= 15 is 0 Å². The maximum Gasteiger partial charge on any atom is 0.341 e. The number of unbranched alkanes of at least 4 members (excludes halogenated alkanes) is 3. The van der Waals surface area contributed by atoms with Gasteiger partial charge in [-0.25, -0.2) is 4.79 Å². The minimum Gasteiger partial charge on any atom is -0.477 e. The van der Waals surface area contributed by atoms with Crippen molar-refractivity contribution in [1.29, 1.82) is 0 Å². The van der Waals surface area contributed by atoms with Crippen molar-refractivity contribution in [2.75, 3.05) is 5.75 Å².